The van der Waals surface area contributed by atoms with Gasteiger partial charge in [0.05, 0.1) is 24.7 Å². The molecule has 0 radical (unpaired) electrons. The van der Waals surface area contributed by atoms with Crippen molar-refractivity contribution in [1.29, 1.82) is 0 Å². The summed E-state index contributed by atoms with van der Waals surface area (Å²) in [4.78, 5) is 24.2. The maximum absolute atomic E-state index is 12.5. The van der Waals surface area contributed by atoms with Crippen LogP contribution in [-0.4, -0.2) is 45.4 Å². The molecular formula is C28H32N4O5S. The predicted molar refractivity (Wildman–Crippen MR) is 149 cm³/mol. The standard InChI is InChI=1S/C28H32N4O5S/c1-20(2)30-27(33)19-37-26-15-9-22(10-16-26)17-29-31-28(34)24-11-13-25(14-12-24)32(38(4,35)36)18-23-7-5-21(3)6-8-23/h5-17,20H,18-19H2,1-4H3,(H,30,33)(H,31,34)/b29-17-. The Bertz CT molecular complexity index is 1370. The second-order valence-corrected chi connectivity index (χ2v) is 11.0. The number of hydrogen-bond donors (Lipinski definition) is 2. The first-order valence-electron chi connectivity index (χ1n) is 12.0. The molecule has 10 heteroatoms. The molecule has 0 bridgehead atoms. The van der Waals surface area contributed by atoms with Crippen LogP contribution in [0.2, 0.25) is 0 Å². The Kier molecular flexibility index (Phi) is 9.61. The van der Waals surface area contributed by atoms with Gasteiger partial charge in [0.25, 0.3) is 11.8 Å². The van der Waals surface area contributed by atoms with E-state index < -0.39 is 15.9 Å². The Balaban J connectivity index is 1.57. The molecule has 0 aliphatic carbocycles. The number of carbonyl (C=O) groups excluding carboxylic acids is 2. The number of rotatable bonds is 11. The zero-order chi connectivity index (χ0) is 27.7. The number of sulfonamides is 1. The van der Waals surface area contributed by atoms with Crippen LogP contribution < -0.4 is 19.8 Å². The largest absolute Gasteiger partial charge is 0.484 e. The van der Waals surface area contributed by atoms with Crippen LogP contribution >= 0.6 is 0 Å². The van der Waals surface area contributed by atoms with Gasteiger partial charge in [0, 0.05) is 11.6 Å². The van der Waals surface area contributed by atoms with Gasteiger partial charge in [-0.3, -0.25) is 13.9 Å². The molecule has 0 fully saturated rings. The number of benzene rings is 3. The summed E-state index contributed by atoms with van der Waals surface area (Å²) in [5, 5.41) is 6.73. The van der Waals surface area contributed by atoms with E-state index in [0.29, 0.717) is 17.0 Å². The number of aryl methyl sites for hydroxylation is 1. The van der Waals surface area contributed by atoms with Gasteiger partial charge < -0.3 is 10.1 Å². The number of ether oxygens (including phenoxy) is 1. The number of nitrogens with zero attached hydrogens (tertiary/aromatic N) is 2. The van der Waals surface area contributed by atoms with Gasteiger partial charge in [-0.2, -0.15) is 5.10 Å². The van der Waals surface area contributed by atoms with Crippen LogP contribution in [0.3, 0.4) is 0 Å². The fourth-order valence-corrected chi connectivity index (χ4v) is 4.32. The smallest absolute Gasteiger partial charge is 0.271 e. The third-order valence-electron chi connectivity index (χ3n) is 5.34. The molecule has 2 amide bonds. The van der Waals surface area contributed by atoms with Crippen molar-refractivity contribution < 1.29 is 22.7 Å². The maximum Gasteiger partial charge on any atom is 0.271 e. The molecule has 3 rings (SSSR count). The van der Waals surface area contributed by atoms with Crippen LogP contribution in [0.5, 0.6) is 5.75 Å². The molecule has 0 saturated heterocycles. The van der Waals surface area contributed by atoms with Gasteiger partial charge in [0.15, 0.2) is 6.61 Å². The lowest BCUT2D eigenvalue weighted by molar-refractivity contribution is -0.123. The van der Waals surface area contributed by atoms with Crippen LogP contribution in [0.25, 0.3) is 0 Å². The van der Waals surface area contributed by atoms with Gasteiger partial charge in [-0.05, 0) is 80.4 Å². The van der Waals surface area contributed by atoms with Gasteiger partial charge in [-0.1, -0.05) is 29.8 Å². The molecule has 38 heavy (non-hydrogen) atoms. The van der Waals surface area contributed by atoms with E-state index in [0.717, 1.165) is 22.9 Å². The van der Waals surface area contributed by atoms with Crippen molar-refractivity contribution in [2.45, 2.75) is 33.4 Å². The summed E-state index contributed by atoms with van der Waals surface area (Å²) < 4.78 is 31.6. The van der Waals surface area contributed by atoms with Gasteiger partial charge in [0.1, 0.15) is 5.75 Å². The molecule has 0 aromatic heterocycles. The van der Waals surface area contributed by atoms with Crippen molar-refractivity contribution in [2.24, 2.45) is 5.10 Å². The SMILES string of the molecule is Cc1ccc(CN(c2ccc(C(=O)N/N=C\c3ccc(OCC(=O)NC(C)C)cc3)cc2)S(C)(=O)=O)cc1. The van der Waals surface area contributed by atoms with E-state index in [4.69, 9.17) is 4.74 Å². The highest BCUT2D eigenvalue weighted by Gasteiger charge is 2.18. The minimum atomic E-state index is -3.54. The first-order valence-corrected chi connectivity index (χ1v) is 13.8. The van der Waals surface area contributed by atoms with E-state index in [-0.39, 0.29) is 25.1 Å². The highest BCUT2D eigenvalue weighted by molar-refractivity contribution is 7.92. The molecule has 0 spiro atoms. The van der Waals surface area contributed by atoms with Crippen LogP contribution in [0.1, 0.15) is 40.9 Å². The molecule has 0 aliphatic heterocycles. The Hall–Kier alpha value is -4.18. The van der Waals surface area contributed by atoms with Gasteiger partial charge in [0.2, 0.25) is 10.0 Å². The molecule has 0 heterocycles. The summed E-state index contributed by atoms with van der Waals surface area (Å²) in [6.45, 7) is 5.83. The van der Waals surface area contributed by atoms with Gasteiger partial charge >= 0.3 is 0 Å². The zero-order valence-corrected chi connectivity index (χ0v) is 22.7. The summed E-state index contributed by atoms with van der Waals surface area (Å²) in [7, 11) is -3.54. The zero-order valence-electron chi connectivity index (χ0n) is 21.8. The van der Waals surface area contributed by atoms with Crippen molar-refractivity contribution in [3.05, 3.63) is 95.1 Å². The molecule has 2 N–H and O–H groups in total. The lowest BCUT2D eigenvalue weighted by Gasteiger charge is -2.22. The average molecular weight is 537 g/mol. The summed E-state index contributed by atoms with van der Waals surface area (Å²) in [6, 6.07) is 20.9. The molecule has 0 atom stereocenters. The topological polar surface area (TPSA) is 117 Å². The quantitative estimate of drug-likeness (QED) is 0.287. The molecule has 3 aromatic carbocycles. The molecule has 200 valence electrons. The first-order chi connectivity index (χ1) is 18.0. The second kappa shape index (κ2) is 12.9. The number of anilines is 1. The van der Waals surface area contributed by atoms with E-state index in [2.05, 4.69) is 15.8 Å². The minimum absolute atomic E-state index is 0.0454. The Morgan fingerprint density at radius 1 is 0.974 bits per heavy atom. The average Bonchev–Trinajstić information content (AvgIpc) is 2.87. The third-order valence-corrected chi connectivity index (χ3v) is 6.48. The second-order valence-electron chi connectivity index (χ2n) is 9.08. The number of carbonyl (C=O) groups is 2. The normalized spacial score (nSPS) is 11.4. The number of hydrazone groups is 1. The Morgan fingerprint density at radius 2 is 1.61 bits per heavy atom. The highest BCUT2D eigenvalue weighted by Crippen LogP contribution is 2.21. The number of hydrogen-bond acceptors (Lipinski definition) is 6. The van der Waals surface area contributed by atoms with E-state index >= 15 is 0 Å². The van der Waals surface area contributed by atoms with Crippen molar-refractivity contribution in [3.8, 4) is 5.75 Å². The monoisotopic (exact) mass is 536 g/mol. The van der Waals surface area contributed by atoms with E-state index in [1.54, 1.807) is 48.5 Å². The van der Waals surface area contributed by atoms with Crippen molar-refractivity contribution >= 4 is 33.7 Å². The molecule has 0 saturated carbocycles. The minimum Gasteiger partial charge on any atom is -0.484 e. The number of nitrogens with one attached hydrogen (secondary N) is 2. The van der Waals surface area contributed by atoms with Crippen LogP contribution in [0.15, 0.2) is 77.9 Å². The highest BCUT2D eigenvalue weighted by atomic mass is 32.2. The van der Waals surface area contributed by atoms with Gasteiger partial charge in [-0.25, -0.2) is 13.8 Å². The third kappa shape index (κ3) is 8.74. The lowest BCUT2D eigenvalue weighted by Crippen LogP contribution is -2.34. The van der Waals surface area contributed by atoms with Crippen LogP contribution in [-0.2, 0) is 21.4 Å². The Morgan fingerprint density at radius 3 is 2.18 bits per heavy atom. The number of amides is 2. The predicted octanol–water partition coefficient (Wildman–Crippen LogP) is 3.63. The first kappa shape index (κ1) is 28.4. The fourth-order valence-electron chi connectivity index (χ4n) is 3.43. The summed E-state index contributed by atoms with van der Waals surface area (Å²) in [5.74, 6) is -0.0965. The van der Waals surface area contributed by atoms with Crippen molar-refractivity contribution in [1.82, 2.24) is 10.7 Å². The van der Waals surface area contributed by atoms with E-state index in [1.165, 1.54) is 10.5 Å². The van der Waals surface area contributed by atoms with Crippen molar-refractivity contribution in [3.63, 3.8) is 0 Å². The molecule has 3 aromatic rings. The Labute approximate surface area is 223 Å². The summed E-state index contributed by atoms with van der Waals surface area (Å²) >= 11 is 0. The molecule has 0 aliphatic rings. The summed E-state index contributed by atoms with van der Waals surface area (Å²) in [6.07, 6.45) is 2.63. The summed E-state index contributed by atoms with van der Waals surface area (Å²) in [5.41, 5.74) is 5.91. The fraction of sp³-hybridized carbons (Fsp3) is 0.250. The van der Waals surface area contributed by atoms with Crippen LogP contribution in [0, 0.1) is 6.92 Å². The van der Waals surface area contributed by atoms with E-state index in [1.807, 2.05) is 45.0 Å². The van der Waals surface area contributed by atoms with Crippen LogP contribution in [0.4, 0.5) is 5.69 Å². The van der Waals surface area contributed by atoms with Crippen molar-refractivity contribution in [2.75, 3.05) is 17.2 Å². The lowest BCUT2D eigenvalue weighted by atomic mass is 10.1. The molecular weight excluding hydrogens is 504 g/mol. The molecule has 9 nitrogen and oxygen atoms in total. The maximum atomic E-state index is 12.5. The van der Waals surface area contributed by atoms with Gasteiger partial charge in [-0.15, -0.1) is 0 Å². The molecule has 0 unspecified atom stereocenters. The van der Waals surface area contributed by atoms with E-state index in [9.17, 15) is 18.0 Å².